The maximum absolute atomic E-state index is 12.4. The van der Waals surface area contributed by atoms with Gasteiger partial charge in [-0.3, -0.25) is 29.6 Å². The van der Waals surface area contributed by atoms with Crippen LogP contribution < -0.4 is 5.32 Å². The summed E-state index contributed by atoms with van der Waals surface area (Å²) in [6.45, 7) is 1.17. The van der Waals surface area contributed by atoms with Crippen LogP contribution in [0.3, 0.4) is 0 Å². The number of nitro benzene ring substituents is 2. The van der Waals surface area contributed by atoms with Crippen LogP contribution in [0.5, 0.6) is 0 Å². The minimum atomic E-state index is -0.509. The van der Waals surface area contributed by atoms with Crippen LogP contribution in [-0.4, -0.2) is 49.0 Å². The number of amides is 1. The zero-order chi connectivity index (χ0) is 24.1. The van der Waals surface area contributed by atoms with Crippen LogP contribution in [0.4, 0.5) is 17.1 Å². The Morgan fingerprint density at radius 3 is 2.29 bits per heavy atom. The molecule has 34 heavy (non-hydrogen) atoms. The van der Waals surface area contributed by atoms with Gasteiger partial charge in [0.2, 0.25) is 5.91 Å². The van der Waals surface area contributed by atoms with E-state index in [-0.39, 0.29) is 29.1 Å². The maximum Gasteiger partial charge on any atom is 0.269 e. The number of aromatic nitrogens is 3. The Kier molecular flexibility index (Phi) is 7.13. The Morgan fingerprint density at radius 2 is 1.71 bits per heavy atom. The largest absolute Gasteiger partial charge is 0.376 e. The van der Waals surface area contributed by atoms with E-state index in [0.29, 0.717) is 35.4 Å². The molecule has 1 amide bonds. The van der Waals surface area contributed by atoms with Crippen LogP contribution in [-0.2, 0) is 16.1 Å². The summed E-state index contributed by atoms with van der Waals surface area (Å²) in [5, 5.41) is 33.4. The summed E-state index contributed by atoms with van der Waals surface area (Å²) < 4.78 is 7.61. The zero-order valence-corrected chi connectivity index (χ0v) is 18.6. The average molecular weight is 484 g/mol. The summed E-state index contributed by atoms with van der Waals surface area (Å²) in [6.07, 6.45) is 1.84. The Hall–Kier alpha value is -3.84. The minimum Gasteiger partial charge on any atom is -0.376 e. The number of benzene rings is 2. The number of anilines is 1. The van der Waals surface area contributed by atoms with Crippen LogP contribution in [0.25, 0.3) is 11.4 Å². The van der Waals surface area contributed by atoms with Crippen LogP contribution >= 0.6 is 11.8 Å². The smallest absolute Gasteiger partial charge is 0.269 e. The number of carbonyl (C=O) groups excluding carboxylic acids is 1. The van der Waals surface area contributed by atoms with E-state index in [1.54, 1.807) is 12.1 Å². The van der Waals surface area contributed by atoms with Crippen molar-refractivity contribution >= 4 is 34.7 Å². The van der Waals surface area contributed by atoms with Crippen molar-refractivity contribution in [3.05, 3.63) is 68.8 Å². The molecular weight excluding hydrogens is 464 g/mol. The predicted octanol–water partition coefficient (Wildman–Crippen LogP) is 3.67. The van der Waals surface area contributed by atoms with E-state index < -0.39 is 9.85 Å². The summed E-state index contributed by atoms with van der Waals surface area (Å²) in [5.74, 6) is 0.270. The second-order valence-electron chi connectivity index (χ2n) is 7.50. The summed E-state index contributed by atoms with van der Waals surface area (Å²) in [6, 6.07) is 11.6. The lowest BCUT2D eigenvalue weighted by Gasteiger charge is -2.14. The summed E-state index contributed by atoms with van der Waals surface area (Å²) in [4.78, 5) is 33.2. The average Bonchev–Trinajstić information content (AvgIpc) is 3.48. The van der Waals surface area contributed by atoms with Crippen molar-refractivity contribution in [2.45, 2.75) is 30.6 Å². The Labute approximate surface area is 197 Å². The van der Waals surface area contributed by atoms with Gasteiger partial charge in [0.05, 0.1) is 28.2 Å². The number of nitro groups is 2. The van der Waals surface area contributed by atoms with E-state index in [4.69, 9.17) is 4.74 Å². The van der Waals surface area contributed by atoms with Gasteiger partial charge in [-0.25, -0.2) is 0 Å². The second kappa shape index (κ2) is 10.4. The number of nitrogens with one attached hydrogen (secondary N) is 1. The van der Waals surface area contributed by atoms with Gasteiger partial charge >= 0.3 is 0 Å². The lowest BCUT2D eigenvalue weighted by molar-refractivity contribution is -0.385. The van der Waals surface area contributed by atoms with Crippen molar-refractivity contribution in [2.75, 3.05) is 17.7 Å². The highest BCUT2D eigenvalue weighted by Gasteiger charge is 2.22. The second-order valence-corrected chi connectivity index (χ2v) is 8.44. The first-order valence-corrected chi connectivity index (χ1v) is 11.4. The normalized spacial score (nSPS) is 15.2. The van der Waals surface area contributed by atoms with Gasteiger partial charge in [-0.1, -0.05) is 11.8 Å². The molecule has 0 aliphatic carbocycles. The van der Waals surface area contributed by atoms with Crippen molar-refractivity contribution in [3.8, 4) is 11.4 Å². The number of non-ortho nitro benzene ring substituents is 2. The Bertz CT molecular complexity index is 1190. The Morgan fingerprint density at radius 1 is 1.06 bits per heavy atom. The molecule has 0 unspecified atom stereocenters. The quantitative estimate of drug-likeness (QED) is 0.272. The van der Waals surface area contributed by atoms with E-state index in [2.05, 4.69) is 15.5 Å². The first-order valence-electron chi connectivity index (χ1n) is 10.4. The third kappa shape index (κ3) is 5.55. The van der Waals surface area contributed by atoms with Gasteiger partial charge in [-0.2, -0.15) is 0 Å². The van der Waals surface area contributed by atoms with E-state index in [1.807, 2.05) is 4.57 Å². The highest BCUT2D eigenvalue weighted by molar-refractivity contribution is 7.99. The molecule has 13 heteroatoms. The van der Waals surface area contributed by atoms with E-state index in [0.717, 1.165) is 12.8 Å². The molecule has 1 saturated heterocycles. The molecule has 1 atom stereocenters. The van der Waals surface area contributed by atoms with Crippen molar-refractivity contribution in [2.24, 2.45) is 0 Å². The SMILES string of the molecule is O=C(CSc1nnc(-c2ccc([N+](=O)[O-])cc2)n1C[C@@H]1CCCO1)Nc1ccc([N+](=O)[O-])cc1. The van der Waals surface area contributed by atoms with Gasteiger partial charge in [-0.15, -0.1) is 10.2 Å². The van der Waals surface area contributed by atoms with Crippen LogP contribution in [0.2, 0.25) is 0 Å². The topological polar surface area (TPSA) is 155 Å². The third-order valence-electron chi connectivity index (χ3n) is 5.16. The monoisotopic (exact) mass is 484 g/mol. The highest BCUT2D eigenvalue weighted by Crippen LogP contribution is 2.28. The molecule has 0 saturated carbocycles. The molecule has 2 aromatic carbocycles. The molecule has 0 bridgehead atoms. The summed E-state index contributed by atoms with van der Waals surface area (Å²) >= 11 is 1.19. The van der Waals surface area contributed by atoms with Crippen molar-refractivity contribution in [1.82, 2.24) is 14.8 Å². The molecule has 176 valence electrons. The van der Waals surface area contributed by atoms with Crippen molar-refractivity contribution in [3.63, 3.8) is 0 Å². The molecule has 12 nitrogen and oxygen atoms in total. The standard InChI is InChI=1S/C21H20N6O6S/c28-19(22-15-5-9-17(10-6-15)27(31)32)13-34-21-24-23-20(25(21)12-18-2-1-11-33-18)14-3-7-16(8-4-14)26(29)30/h3-10,18H,1-2,11-13H2,(H,22,28)/t18-/m0/s1. The fourth-order valence-electron chi connectivity index (χ4n) is 3.49. The van der Waals surface area contributed by atoms with Crippen LogP contribution in [0, 0.1) is 20.2 Å². The summed E-state index contributed by atoms with van der Waals surface area (Å²) in [7, 11) is 0. The van der Waals surface area contributed by atoms with E-state index in [1.165, 1.54) is 48.2 Å². The molecule has 2 heterocycles. The minimum absolute atomic E-state index is 0.0129. The van der Waals surface area contributed by atoms with E-state index in [9.17, 15) is 25.0 Å². The van der Waals surface area contributed by atoms with Crippen LogP contribution in [0.15, 0.2) is 53.7 Å². The fourth-order valence-corrected chi connectivity index (χ4v) is 4.24. The van der Waals surface area contributed by atoms with Crippen molar-refractivity contribution in [1.29, 1.82) is 0 Å². The first-order chi connectivity index (χ1) is 16.4. The van der Waals surface area contributed by atoms with Gasteiger partial charge in [0.15, 0.2) is 11.0 Å². The molecule has 0 radical (unpaired) electrons. The fraction of sp³-hybridized carbons (Fsp3) is 0.286. The molecule has 0 spiro atoms. The maximum atomic E-state index is 12.4. The number of hydrogen-bond acceptors (Lipinski definition) is 9. The van der Waals surface area contributed by atoms with Gasteiger partial charge in [0.1, 0.15) is 0 Å². The Balaban J connectivity index is 1.48. The zero-order valence-electron chi connectivity index (χ0n) is 17.8. The number of hydrogen-bond donors (Lipinski definition) is 1. The highest BCUT2D eigenvalue weighted by atomic mass is 32.2. The first kappa shape index (κ1) is 23.3. The van der Waals surface area contributed by atoms with Gasteiger partial charge in [0.25, 0.3) is 11.4 Å². The molecule has 3 aromatic rings. The van der Waals surface area contributed by atoms with Crippen LogP contribution in [0.1, 0.15) is 12.8 Å². The van der Waals surface area contributed by atoms with Crippen molar-refractivity contribution < 1.29 is 19.4 Å². The van der Waals surface area contributed by atoms with Gasteiger partial charge in [0, 0.05) is 42.1 Å². The number of carbonyl (C=O) groups is 1. The number of nitrogens with zero attached hydrogens (tertiary/aromatic N) is 5. The molecule has 4 rings (SSSR count). The predicted molar refractivity (Wildman–Crippen MR) is 124 cm³/mol. The number of rotatable bonds is 9. The van der Waals surface area contributed by atoms with E-state index >= 15 is 0 Å². The molecule has 1 aliphatic rings. The molecule has 1 aromatic heterocycles. The molecule has 1 aliphatic heterocycles. The molecule has 1 fully saturated rings. The third-order valence-corrected chi connectivity index (χ3v) is 6.12. The van der Waals surface area contributed by atoms with Gasteiger partial charge in [-0.05, 0) is 37.1 Å². The summed E-state index contributed by atoms with van der Waals surface area (Å²) in [5.41, 5.74) is 1.03. The lowest BCUT2D eigenvalue weighted by Crippen LogP contribution is -2.18. The number of ether oxygens (including phenoxy) is 1. The molecular formula is C21H20N6O6S. The lowest BCUT2D eigenvalue weighted by atomic mass is 10.2. The number of thioether (sulfide) groups is 1. The van der Waals surface area contributed by atoms with Gasteiger partial charge < -0.3 is 10.1 Å². The molecule has 1 N–H and O–H groups in total.